The summed E-state index contributed by atoms with van der Waals surface area (Å²) in [6, 6.07) is 17.1. The third-order valence-electron chi connectivity index (χ3n) is 6.74. The van der Waals surface area contributed by atoms with Crippen LogP contribution in [0.2, 0.25) is 0 Å². The zero-order valence-electron chi connectivity index (χ0n) is 22.7. The fourth-order valence-corrected chi connectivity index (χ4v) is 3.86. The van der Waals surface area contributed by atoms with Crippen LogP contribution in [0.1, 0.15) is 71.8 Å². The smallest absolute Gasteiger partial charge is 0.307 e. The molecule has 0 radical (unpaired) electrons. The fourth-order valence-electron chi connectivity index (χ4n) is 3.86. The van der Waals surface area contributed by atoms with Crippen LogP contribution < -0.4 is 21.5 Å². The average molecular weight is 555 g/mol. The van der Waals surface area contributed by atoms with Gasteiger partial charge in [-0.05, 0) is 87.1 Å². The molecule has 0 spiro atoms. The second-order valence-corrected chi connectivity index (χ2v) is 10.1. The number of carbonyl (C=O) groups excluding carboxylic acids is 4. The van der Waals surface area contributed by atoms with Gasteiger partial charge in [-0.1, -0.05) is 24.3 Å². The van der Waals surface area contributed by atoms with Gasteiger partial charge in [0.25, 0.3) is 0 Å². The minimum atomic E-state index is -0.620. The van der Waals surface area contributed by atoms with Gasteiger partial charge >= 0.3 is 11.8 Å². The molecule has 4 N–H and O–H groups in total. The Hall–Kier alpha value is -5.06. The minimum Gasteiger partial charge on any atom is -0.446 e. The van der Waals surface area contributed by atoms with E-state index in [1.165, 1.54) is 12.1 Å². The van der Waals surface area contributed by atoms with Gasteiger partial charge in [0.1, 0.15) is 0 Å². The summed E-state index contributed by atoms with van der Waals surface area (Å²) in [5, 5.41) is 14.0. The number of rotatable bonds is 10. The Balaban J connectivity index is 1.11. The van der Waals surface area contributed by atoms with E-state index in [0.29, 0.717) is 22.8 Å². The Kier molecular flexibility index (Phi) is 8.04. The zero-order chi connectivity index (χ0) is 28.9. The first-order valence-corrected chi connectivity index (χ1v) is 13.4. The summed E-state index contributed by atoms with van der Waals surface area (Å²) in [4.78, 5) is 48.8. The Labute approximate surface area is 236 Å². The van der Waals surface area contributed by atoms with Crippen molar-refractivity contribution in [3.63, 3.8) is 0 Å². The zero-order valence-corrected chi connectivity index (χ0v) is 22.7. The van der Waals surface area contributed by atoms with Gasteiger partial charge in [0.05, 0.1) is 11.4 Å². The van der Waals surface area contributed by atoms with Crippen LogP contribution >= 0.6 is 0 Å². The maximum atomic E-state index is 12.5. The monoisotopic (exact) mass is 554 g/mol. The molecule has 4 amide bonds. The van der Waals surface area contributed by atoms with Crippen molar-refractivity contribution >= 4 is 46.4 Å². The number of furan rings is 1. The molecular weight excluding hydrogens is 524 g/mol. The van der Waals surface area contributed by atoms with Crippen molar-refractivity contribution in [1.82, 2.24) is 10.9 Å². The van der Waals surface area contributed by atoms with Gasteiger partial charge in [-0.2, -0.15) is 10.2 Å². The largest absolute Gasteiger partial charge is 0.446 e. The molecule has 2 aromatic carbocycles. The molecule has 0 saturated heterocycles. The number of hydrazone groups is 2. The highest BCUT2D eigenvalue weighted by Crippen LogP contribution is 2.31. The van der Waals surface area contributed by atoms with Crippen molar-refractivity contribution in [2.45, 2.75) is 39.5 Å². The summed E-state index contributed by atoms with van der Waals surface area (Å²) in [7, 11) is 0. The SMILES string of the molecule is C/C(=N\NC(=O)c1ccc(C(=O)N/N=C(\C)c2ccc(NC(=O)C3CC3)cc2)o1)c1ccc(NC(=O)C2CC2)cc1. The topological polar surface area (TPSA) is 154 Å². The molecule has 0 atom stereocenters. The van der Waals surface area contributed by atoms with E-state index < -0.39 is 11.8 Å². The molecule has 2 aliphatic carbocycles. The summed E-state index contributed by atoms with van der Waals surface area (Å²) in [5.41, 5.74) is 8.86. The van der Waals surface area contributed by atoms with Crippen molar-refractivity contribution in [1.29, 1.82) is 0 Å². The van der Waals surface area contributed by atoms with E-state index in [1.807, 2.05) is 0 Å². The fraction of sp³-hybridized carbons (Fsp3) is 0.267. The normalized spacial score (nSPS) is 15.2. The summed E-state index contributed by atoms with van der Waals surface area (Å²) in [6.45, 7) is 3.47. The van der Waals surface area contributed by atoms with Crippen molar-refractivity contribution in [2.75, 3.05) is 10.6 Å². The summed E-state index contributed by atoms with van der Waals surface area (Å²) >= 11 is 0. The molecule has 1 heterocycles. The molecule has 0 bridgehead atoms. The van der Waals surface area contributed by atoms with Crippen LogP contribution in [-0.2, 0) is 9.59 Å². The van der Waals surface area contributed by atoms with Crippen molar-refractivity contribution in [3.05, 3.63) is 83.3 Å². The van der Waals surface area contributed by atoms with E-state index in [2.05, 4.69) is 31.7 Å². The van der Waals surface area contributed by atoms with Crippen LogP contribution in [0.25, 0.3) is 0 Å². The predicted molar refractivity (Wildman–Crippen MR) is 154 cm³/mol. The molecule has 41 heavy (non-hydrogen) atoms. The van der Waals surface area contributed by atoms with Gasteiger partial charge in [0.2, 0.25) is 11.8 Å². The molecule has 11 heteroatoms. The second-order valence-electron chi connectivity index (χ2n) is 10.1. The van der Waals surface area contributed by atoms with Crippen LogP contribution in [0.5, 0.6) is 0 Å². The van der Waals surface area contributed by atoms with Gasteiger partial charge in [-0.15, -0.1) is 0 Å². The number of anilines is 2. The lowest BCUT2D eigenvalue weighted by Gasteiger charge is -2.06. The van der Waals surface area contributed by atoms with E-state index in [-0.39, 0.29) is 35.2 Å². The van der Waals surface area contributed by atoms with Crippen LogP contribution in [0, 0.1) is 11.8 Å². The Morgan fingerprint density at radius 1 is 0.610 bits per heavy atom. The predicted octanol–water partition coefficient (Wildman–Crippen LogP) is 4.28. The molecule has 210 valence electrons. The Bertz CT molecular complexity index is 1420. The average Bonchev–Trinajstić information content (AvgIpc) is 3.92. The molecule has 0 aliphatic heterocycles. The van der Waals surface area contributed by atoms with Crippen LogP contribution in [0.3, 0.4) is 0 Å². The van der Waals surface area contributed by atoms with Gasteiger partial charge in [-0.25, -0.2) is 10.9 Å². The standard InChI is InChI=1S/C30H30N6O5/c1-17(19-7-11-23(12-8-19)31-27(37)21-3-4-21)33-35-29(39)25-15-16-26(41-25)30(40)36-34-18(2)20-9-13-24(14-10-20)32-28(38)22-5-6-22/h7-16,21-22H,3-6H2,1-2H3,(H,31,37)(H,32,38)(H,35,39)(H,36,40)/b33-17+,34-18+. The molecule has 11 nitrogen and oxygen atoms in total. The lowest BCUT2D eigenvalue weighted by molar-refractivity contribution is -0.118. The molecule has 2 aliphatic rings. The van der Waals surface area contributed by atoms with Crippen molar-refractivity contribution in [3.8, 4) is 0 Å². The number of benzene rings is 2. The van der Waals surface area contributed by atoms with Gasteiger partial charge in [0, 0.05) is 23.2 Å². The molecule has 0 unspecified atom stereocenters. The number of hydrogen-bond acceptors (Lipinski definition) is 7. The quantitative estimate of drug-likeness (QED) is 0.218. The molecular formula is C30H30N6O5. The first-order chi connectivity index (χ1) is 19.8. The number of nitrogens with one attached hydrogen (secondary N) is 4. The third kappa shape index (κ3) is 7.33. The summed E-state index contributed by atoms with van der Waals surface area (Å²) < 4.78 is 5.39. The summed E-state index contributed by atoms with van der Waals surface area (Å²) in [6.07, 6.45) is 3.74. The van der Waals surface area contributed by atoms with E-state index in [1.54, 1.807) is 62.4 Å². The number of amides is 4. The first kappa shape index (κ1) is 27.5. The molecule has 2 saturated carbocycles. The lowest BCUT2D eigenvalue weighted by atomic mass is 10.1. The second kappa shape index (κ2) is 12.0. The van der Waals surface area contributed by atoms with E-state index in [0.717, 1.165) is 36.8 Å². The van der Waals surface area contributed by atoms with Gasteiger partial charge in [0.15, 0.2) is 11.5 Å². The molecule has 1 aromatic heterocycles. The highest BCUT2D eigenvalue weighted by molar-refractivity contribution is 6.03. The Morgan fingerprint density at radius 3 is 1.32 bits per heavy atom. The van der Waals surface area contributed by atoms with Crippen LogP contribution in [0.4, 0.5) is 11.4 Å². The lowest BCUT2D eigenvalue weighted by Crippen LogP contribution is -2.20. The highest BCUT2D eigenvalue weighted by Gasteiger charge is 2.30. The number of carbonyl (C=O) groups is 4. The number of nitrogens with zero attached hydrogens (tertiary/aromatic N) is 2. The highest BCUT2D eigenvalue weighted by atomic mass is 16.4. The molecule has 5 rings (SSSR count). The maximum Gasteiger partial charge on any atom is 0.307 e. The minimum absolute atomic E-state index is 0.0326. The van der Waals surface area contributed by atoms with Gasteiger partial charge < -0.3 is 15.1 Å². The van der Waals surface area contributed by atoms with Crippen molar-refractivity contribution in [2.24, 2.45) is 22.0 Å². The Morgan fingerprint density at radius 2 is 0.976 bits per heavy atom. The van der Waals surface area contributed by atoms with E-state index in [4.69, 9.17) is 4.42 Å². The first-order valence-electron chi connectivity index (χ1n) is 13.4. The number of hydrogen-bond donors (Lipinski definition) is 4. The van der Waals surface area contributed by atoms with Crippen LogP contribution in [0.15, 0.2) is 75.3 Å². The van der Waals surface area contributed by atoms with E-state index >= 15 is 0 Å². The molecule has 2 fully saturated rings. The summed E-state index contributed by atoms with van der Waals surface area (Å²) in [5.74, 6) is -1.11. The maximum absolute atomic E-state index is 12.5. The third-order valence-corrected chi connectivity index (χ3v) is 6.74. The van der Waals surface area contributed by atoms with Gasteiger partial charge in [-0.3, -0.25) is 19.2 Å². The van der Waals surface area contributed by atoms with Crippen molar-refractivity contribution < 1.29 is 23.6 Å². The molecule has 3 aromatic rings. The van der Waals surface area contributed by atoms with E-state index in [9.17, 15) is 19.2 Å². The van der Waals surface area contributed by atoms with Crippen LogP contribution in [-0.4, -0.2) is 35.1 Å².